The van der Waals surface area contributed by atoms with Gasteiger partial charge in [0.2, 0.25) is 0 Å². The van der Waals surface area contributed by atoms with Gasteiger partial charge in [0.15, 0.2) is 0 Å². The van der Waals surface area contributed by atoms with E-state index < -0.39 is 0 Å². The number of dihydropyridines is 1. The first kappa shape index (κ1) is 9.50. The predicted octanol–water partition coefficient (Wildman–Crippen LogP) is 3.07. The van der Waals surface area contributed by atoms with Gasteiger partial charge < -0.3 is 0 Å². The molecule has 68 valence electrons. The molecule has 1 aliphatic heterocycles. The van der Waals surface area contributed by atoms with E-state index in [2.05, 4.69) is 37.9 Å². The first-order valence-corrected chi connectivity index (χ1v) is 4.99. The van der Waals surface area contributed by atoms with E-state index >= 15 is 0 Å². The van der Waals surface area contributed by atoms with Crippen LogP contribution in [0.1, 0.15) is 33.6 Å². The Kier molecular flexibility index (Phi) is 3.51. The van der Waals surface area contributed by atoms with Gasteiger partial charge in [0, 0.05) is 6.21 Å². The van der Waals surface area contributed by atoms with E-state index in [1.807, 2.05) is 6.21 Å². The van der Waals surface area contributed by atoms with Crippen LogP contribution >= 0.6 is 0 Å². The second kappa shape index (κ2) is 4.44. The highest BCUT2D eigenvalue weighted by molar-refractivity contribution is 5.72. The molecule has 1 heteroatoms. The minimum atomic E-state index is 0.532. The van der Waals surface area contributed by atoms with Crippen molar-refractivity contribution in [2.24, 2.45) is 16.8 Å². The van der Waals surface area contributed by atoms with Gasteiger partial charge in [0.1, 0.15) is 0 Å². The maximum atomic E-state index is 4.54. The van der Waals surface area contributed by atoms with E-state index in [1.54, 1.807) is 0 Å². The quantitative estimate of drug-likeness (QED) is 0.609. The Morgan fingerprint density at radius 3 is 2.50 bits per heavy atom. The summed E-state index contributed by atoms with van der Waals surface area (Å²) in [4.78, 5) is 4.54. The van der Waals surface area contributed by atoms with Crippen molar-refractivity contribution in [2.75, 3.05) is 0 Å². The minimum absolute atomic E-state index is 0.532. The molecule has 2 unspecified atom stereocenters. The van der Waals surface area contributed by atoms with Gasteiger partial charge in [0.25, 0.3) is 0 Å². The number of rotatable bonds is 3. The second-order valence-electron chi connectivity index (χ2n) is 3.61. The molecule has 0 spiro atoms. The van der Waals surface area contributed by atoms with Crippen LogP contribution in [-0.4, -0.2) is 12.3 Å². The van der Waals surface area contributed by atoms with Crippen LogP contribution in [0, 0.1) is 11.8 Å². The van der Waals surface area contributed by atoms with Crippen molar-refractivity contribution in [2.45, 2.75) is 39.7 Å². The predicted molar refractivity (Wildman–Crippen MR) is 54.7 cm³/mol. The summed E-state index contributed by atoms with van der Waals surface area (Å²) < 4.78 is 0. The lowest BCUT2D eigenvalue weighted by Gasteiger charge is -2.27. The van der Waals surface area contributed by atoms with E-state index in [-0.39, 0.29) is 0 Å². The summed E-state index contributed by atoms with van der Waals surface area (Å²) >= 11 is 0. The molecule has 0 aromatic heterocycles. The molecule has 0 N–H and O–H groups in total. The van der Waals surface area contributed by atoms with Crippen molar-refractivity contribution in [3.63, 3.8) is 0 Å². The highest BCUT2D eigenvalue weighted by Crippen LogP contribution is 2.25. The monoisotopic (exact) mass is 165 g/mol. The Balaban J connectivity index is 2.60. The molecule has 2 atom stereocenters. The summed E-state index contributed by atoms with van der Waals surface area (Å²) in [6.45, 7) is 6.78. The van der Waals surface area contributed by atoms with Crippen LogP contribution in [0.25, 0.3) is 0 Å². The molecule has 1 nitrogen and oxygen atoms in total. The molecular formula is C11H19N. The van der Waals surface area contributed by atoms with Gasteiger partial charge in [0.05, 0.1) is 6.04 Å². The summed E-state index contributed by atoms with van der Waals surface area (Å²) in [5.41, 5.74) is 0. The first-order valence-electron chi connectivity index (χ1n) is 4.99. The van der Waals surface area contributed by atoms with E-state index in [0.29, 0.717) is 12.0 Å². The average molecular weight is 165 g/mol. The summed E-state index contributed by atoms with van der Waals surface area (Å²) in [5.74, 6) is 1.39. The Hall–Kier alpha value is -0.590. The zero-order chi connectivity index (χ0) is 8.97. The molecule has 0 fully saturated rings. The molecule has 0 aromatic rings. The molecule has 0 aromatic carbocycles. The van der Waals surface area contributed by atoms with Gasteiger partial charge in [-0.1, -0.05) is 39.7 Å². The number of allylic oxidation sites excluding steroid dienone is 1. The molecule has 0 aliphatic carbocycles. The molecule has 1 aliphatic rings. The van der Waals surface area contributed by atoms with Crippen molar-refractivity contribution in [3.05, 3.63) is 12.2 Å². The third kappa shape index (κ3) is 1.96. The van der Waals surface area contributed by atoms with Crippen LogP contribution in [0.3, 0.4) is 0 Å². The molecule has 0 radical (unpaired) electrons. The third-order valence-electron chi connectivity index (χ3n) is 2.83. The standard InChI is InChI=1S/C11H19N/c1-4-10(5-2)11-9(3)7-6-8-12-11/h6-11H,4-5H2,1-3H3. The van der Waals surface area contributed by atoms with Crippen molar-refractivity contribution < 1.29 is 0 Å². The van der Waals surface area contributed by atoms with Crippen LogP contribution in [0.4, 0.5) is 0 Å². The summed E-state index contributed by atoms with van der Waals surface area (Å²) in [7, 11) is 0. The van der Waals surface area contributed by atoms with E-state index in [1.165, 1.54) is 12.8 Å². The van der Waals surface area contributed by atoms with Crippen LogP contribution in [0.2, 0.25) is 0 Å². The fourth-order valence-electron chi connectivity index (χ4n) is 1.95. The fraction of sp³-hybridized carbons (Fsp3) is 0.727. The van der Waals surface area contributed by atoms with Gasteiger partial charge in [-0.3, -0.25) is 4.99 Å². The van der Waals surface area contributed by atoms with Crippen molar-refractivity contribution in [3.8, 4) is 0 Å². The van der Waals surface area contributed by atoms with Crippen molar-refractivity contribution in [1.82, 2.24) is 0 Å². The first-order chi connectivity index (χ1) is 5.79. The molecular weight excluding hydrogens is 146 g/mol. The SMILES string of the molecule is CCC(CC)C1N=CC=CC1C. The molecule has 1 heterocycles. The van der Waals surface area contributed by atoms with Crippen molar-refractivity contribution >= 4 is 6.21 Å². The minimum Gasteiger partial charge on any atom is -0.289 e. The number of hydrogen-bond donors (Lipinski definition) is 0. The number of hydrogen-bond acceptors (Lipinski definition) is 1. The van der Waals surface area contributed by atoms with Gasteiger partial charge in [-0.25, -0.2) is 0 Å². The summed E-state index contributed by atoms with van der Waals surface area (Å²) in [6, 6.07) is 0.532. The lowest BCUT2D eigenvalue weighted by Crippen LogP contribution is -2.25. The highest BCUT2D eigenvalue weighted by Gasteiger charge is 2.22. The summed E-state index contributed by atoms with van der Waals surface area (Å²) in [6.07, 6.45) is 8.76. The second-order valence-corrected chi connectivity index (χ2v) is 3.61. The summed E-state index contributed by atoms with van der Waals surface area (Å²) in [5, 5.41) is 0. The number of aliphatic imine (C=N–C) groups is 1. The van der Waals surface area contributed by atoms with Crippen LogP contribution in [0.5, 0.6) is 0 Å². The van der Waals surface area contributed by atoms with E-state index in [9.17, 15) is 0 Å². The van der Waals surface area contributed by atoms with Crippen LogP contribution in [0.15, 0.2) is 17.1 Å². The maximum absolute atomic E-state index is 4.54. The lowest BCUT2D eigenvalue weighted by atomic mass is 9.85. The fourth-order valence-corrected chi connectivity index (χ4v) is 1.95. The Bertz CT molecular complexity index is 177. The van der Waals surface area contributed by atoms with Gasteiger partial charge in [-0.15, -0.1) is 0 Å². The zero-order valence-electron chi connectivity index (χ0n) is 8.33. The largest absolute Gasteiger partial charge is 0.289 e. The topological polar surface area (TPSA) is 12.4 Å². The van der Waals surface area contributed by atoms with E-state index in [4.69, 9.17) is 0 Å². The molecule has 0 amide bonds. The molecule has 0 saturated carbocycles. The van der Waals surface area contributed by atoms with Crippen LogP contribution in [-0.2, 0) is 0 Å². The average Bonchev–Trinajstić information content (AvgIpc) is 2.10. The Morgan fingerprint density at radius 2 is 2.00 bits per heavy atom. The van der Waals surface area contributed by atoms with Gasteiger partial charge in [-0.05, 0) is 17.9 Å². The normalized spacial score (nSPS) is 28.3. The molecule has 0 bridgehead atoms. The van der Waals surface area contributed by atoms with Gasteiger partial charge in [-0.2, -0.15) is 0 Å². The van der Waals surface area contributed by atoms with Crippen LogP contribution < -0.4 is 0 Å². The lowest BCUT2D eigenvalue weighted by molar-refractivity contribution is 0.344. The molecule has 12 heavy (non-hydrogen) atoms. The molecule has 0 saturated heterocycles. The van der Waals surface area contributed by atoms with E-state index in [0.717, 1.165) is 5.92 Å². The zero-order valence-corrected chi connectivity index (χ0v) is 8.33. The Morgan fingerprint density at radius 1 is 1.33 bits per heavy atom. The molecule has 1 rings (SSSR count). The van der Waals surface area contributed by atoms with Gasteiger partial charge >= 0.3 is 0 Å². The number of nitrogens with zero attached hydrogens (tertiary/aromatic N) is 1. The smallest absolute Gasteiger partial charge is 0.0587 e. The van der Waals surface area contributed by atoms with Crippen molar-refractivity contribution in [1.29, 1.82) is 0 Å². The highest BCUT2D eigenvalue weighted by atomic mass is 14.8. The third-order valence-corrected chi connectivity index (χ3v) is 2.83. The Labute approximate surface area is 75.6 Å². The maximum Gasteiger partial charge on any atom is 0.0587 e.